The van der Waals surface area contributed by atoms with Crippen LogP contribution >= 0.6 is 11.6 Å². The normalized spacial score (nSPS) is 16.3. The van der Waals surface area contributed by atoms with Crippen molar-refractivity contribution in [2.75, 3.05) is 7.05 Å². The molecule has 0 bridgehead atoms. The molecular weight excluding hydrogens is 356 g/mol. The van der Waals surface area contributed by atoms with Gasteiger partial charge >= 0.3 is 6.03 Å². The number of nitrogens with one attached hydrogen (secondary N) is 1. The molecule has 1 unspecified atom stereocenters. The molecule has 8 heteroatoms. The molecule has 2 aromatic carbocycles. The second kappa shape index (κ2) is 7.13. The number of hydrogen-bond donors (Lipinski definition) is 1. The minimum absolute atomic E-state index is 0.00850. The molecule has 2 aromatic rings. The maximum atomic E-state index is 12.3. The van der Waals surface area contributed by atoms with Crippen LogP contribution in [0.1, 0.15) is 23.6 Å². The number of benzene rings is 2. The molecule has 7 nitrogen and oxygen atoms in total. The number of amides is 2. The summed E-state index contributed by atoms with van der Waals surface area (Å²) in [5.41, 5.74) is 3.02. The molecule has 0 radical (unpaired) electrons. The summed E-state index contributed by atoms with van der Waals surface area (Å²) in [4.78, 5) is 22.7. The molecule has 0 saturated heterocycles. The highest BCUT2D eigenvalue weighted by molar-refractivity contribution is 6.31. The molecule has 2 amide bonds. The lowest BCUT2D eigenvalue weighted by Gasteiger charge is -2.22. The Morgan fingerprint density at radius 3 is 2.62 bits per heavy atom. The quantitative estimate of drug-likeness (QED) is 0.645. The summed E-state index contributed by atoms with van der Waals surface area (Å²) in [6, 6.07) is 11.1. The van der Waals surface area contributed by atoms with Gasteiger partial charge in [0.25, 0.3) is 5.69 Å². The molecule has 1 N–H and O–H groups in total. The standard InChI is InChI=1S/C18H17ClN4O3/c1-11-9-13-3-6-14(19)10-16(13)17(21-22(11)18(24)20-2)12-4-7-15(8-5-12)23(25)26/h3-8,10-11H,9H2,1-2H3,(H,20,24). The van der Waals surface area contributed by atoms with E-state index in [1.807, 2.05) is 13.0 Å². The molecule has 0 spiro atoms. The maximum Gasteiger partial charge on any atom is 0.337 e. The van der Waals surface area contributed by atoms with Gasteiger partial charge in [0.05, 0.1) is 16.7 Å². The first-order valence-corrected chi connectivity index (χ1v) is 8.41. The lowest BCUT2D eigenvalue weighted by atomic mass is 9.94. The molecule has 1 atom stereocenters. The SMILES string of the molecule is CNC(=O)N1N=C(c2ccc([N+](=O)[O-])cc2)c2cc(Cl)ccc2CC1C. The second-order valence-corrected chi connectivity index (χ2v) is 6.44. The molecule has 1 aliphatic rings. The molecule has 1 aliphatic heterocycles. The van der Waals surface area contributed by atoms with E-state index in [0.717, 1.165) is 11.1 Å². The summed E-state index contributed by atoms with van der Waals surface area (Å²) in [6.45, 7) is 1.91. The Kier molecular flexibility index (Phi) is 4.90. The highest BCUT2D eigenvalue weighted by Crippen LogP contribution is 2.27. The molecular formula is C18H17ClN4O3. The van der Waals surface area contributed by atoms with Gasteiger partial charge in [-0.25, -0.2) is 9.80 Å². The number of fused-ring (bicyclic) bond motifs is 1. The third kappa shape index (κ3) is 3.39. The first kappa shape index (κ1) is 17.9. The molecule has 0 saturated carbocycles. The van der Waals surface area contributed by atoms with Crippen molar-refractivity contribution in [2.24, 2.45) is 5.10 Å². The van der Waals surface area contributed by atoms with E-state index in [9.17, 15) is 14.9 Å². The Balaban J connectivity index is 2.17. The summed E-state index contributed by atoms with van der Waals surface area (Å²) in [5.74, 6) is 0. The number of non-ortho nitro benzene ring substituents is 1. The van der Waals surface area contributed by atoms with Gasteiger partial charge in [-0.2, -0.15) is 5.10 Å². The average molecular weight is 373 g/mol. The third-order valence-electron chi connectivity index (χ3n) is 4.24. The number of nitro benzene ring substituents is 1. The van der Waals surface area contributed by atoms with Crippen LogP contribution in [0.15, 0.2) is 47.6 Å². The molecule has 0 fully saturated rings. The molecule has 0 aromatic heterocycles. The number of nitrogens with zero attached hydrogens (tertiary/aromatic N) is 3. The second-order valence-electron chi connectivity index (χ2n) is 6.01. The van der Waals surface area contributed by atoms with Crippen LogP contribution in [0, 0.1) is 10.1 Å². The number of urea groups is 1. The summed E-state index contributed by atoms with van der Waals surface area (Å²) >= 11 is 6.17. The average Bonchev–Trinajstić information content (AvgIpc) is 2.77. The van der Waals surface area contributed by atoms with Gasteiger partial charge in [-0.15, -0.1) is 0 Å². The van der Waals surface area contributed by atoms with Crippen molar-refractivity contribution in [3.05, 3.63) is 74.3 Å². The highest BCUT2D eigenvalue weighted by atomic mass is 35.5. The molecule has 3 rings (SSSR count). The van der Waals surface area contributed by atoms with Crippen molar-refractivity contribution < 1.29 is 9.72 Å². The lowest BCUT2D eigenvalue weighted by Crippen LogP contribution is -2.41. The summed E-state index contributed by atoms with van der Waals surface area (Å²) in [7, 11) is 1.55. The zero-order chi connectivity index (χ0) is 18.8. The van der Waals surface area contributed by atoms with Gasteiger partial charge < -0.3 is 5.32 Å². The van der Waals surface area contributed by atoms with Gasteiger partial charge in [0.15, 0.2) is 0 Å². The van der Waals surface area contributed by atoms with Gasteiger partial charge in [0.1, 0.15) is 0 Å². The zero-order valence-corrected chi connectivity index (χ0v) is 15.0. The van der Waals surface area contributed by atoms with E-state index in [4.69, 9.17) is 11.6 Å². The van der Waals surface area contributed by atoms with Crippen LogP contribution in [0.2, 0.25) is 5.02 Å². The van der Waals surface area contributed by atoms with E-state index in [-0.39, 0.29) is 17.8 Å². The first-order valence-electron chi connectivity index (χ1n) is 8.04. The lowest BCUT2D eigenvalue weighted by molar-refractivity contribution is -0.384. The van der Waals surface area contributed by atoms with E-state index in [1.54, 1.807) is 31.3 Å². The largest absolute Gasteiger partial charge is 0.340 e. The summed E-state index contributed by atoms with van der Waals surface area (Å²) in [5, 5.41) is 20.0. The fourth-order valence-corrected chi connectivity index (χ4v) is 3.10. The van der Waals surface area contributed by atoms with Crippen LogP contribution < -0.4 is 5.32 Å². The Morgan fingerprint density at radius 1 is 1.31 bits per heavy atom. The number of carbonyl (C=O) groups is 1. The molecule has 26 heavy (non-hydrogen) atoms. The van der Waals surface area contributed by atoms with E-state index < -0.39 is 4.92 Å². The van der Waals surface area contributed by atoms with Crippen LogP contribution in [-0.2, 0) is 6.42 Å². The summed E-state index contributed by atoms with van der Waals surface area (Å²) in [6.07, 6.45) is 0.611. The van der Waals surface area contributed by atoms with Gasteiger partial charge in [-0.3, -0.25) is 10.1 Å². The molecule has 0 aliphatic carbocycles. The minimum atomic E-state index is -0.456. The van der Waals surface area contributed by atoms with Gasteiger partial charge in [-0.05, 0) is 43.2 Å². The fraction of sp³-hybridized carbons (Fsp3) is 0.222. The van der Waals surface area contributed by atoms with Gasteiger partial charge in [0.2, 0.25) is 0 Å². The van der Waals surface area contributed by atoms with E-state index >= 15 is 0 Å². The number of halogens is 1. The predicted octanol–water partition coefficient (Wildman–Crippen LogP) is 3.59. The van der Waals surface area contributed by atoms with Crippen LogP contribution in [0.3, 0.4) is 0 Å². The van der Waals surface area contributed by atoms with Gasteiger partial charge in [0, 0.05) is 35.3 Å². The third-order valence-corrected chi connectivity index (χ3v) is 4.48. The first-order chi connectivity index (χ1) is 12.4. The molecule has 134 valence electrons. The Morgan fingerprint density at radius 2 is 2.00 bits per heavy atom. The van der Waals surface area contributed by atoms with Crippen molar-refractivity contribution in [2.45, 2.75) is 19.4 Å². The molecule has 1 heterocycles. The van der Waals surface area contributed by atoms with Gasteiger partial charge in [-0.1, -0.05) is 17.7 Å². The van der Waals surface area contributed by atoms with Crippen molar-refractivity contribution in [3.8, 4) is 0 Å². The van der Waals surface area contributed by atoms with Crippen LogP contribution in [0.4, 0.5) is 10.5 Å². The van der Waals surface area contributed by atoms with Crippen LogP contribution in [0.25, 0.3) is 0 Å². The van der Waals surface area contributed by atoms with Crippen molar-refractivity contribution in [1.29, 1.82) is 0 Å². The number of hydrazone groups is 1. The topological polar surface area (TPSA) is 87.8 Å². The van der Waals surface area contributed by atoms with E-state index in [2.05, 4.69) is 10.4 Å². The summed E-state index contributed by atoms with van der Waals surface area (Å²) < 4.78 is 0. The van der Waals surface area contributed by atoms with Crippen molar-refractivity contribution >= 4 is 29.0 Å². The predicted molar refractivity (Wildman–Crippen MR) is 99.6 cm³/mol. The zero-order valence-electron chi connectivity index (χ0n) is 14.3. The van der Waals surface area contributed by atoms with E-state index in [1.165, 1.54) is 17.1 Å². The monoisotopic (exact) mass is 372 g/mol. The Hall–Kier alpha value is -2.93. The van der Waals surface area contributed by atoms with Crippen molar-refractivity contribution in [3.63, 3.8) is 0 Å². The van der Waals surface area contributed by atoms with Crippen LogP contribution in [0.5, 0.6) is 0 Å². The number of nitro groups is 1. The maximum absolute atomic E-state index is 12.3. The van der Waals surface area contributed by atoms with Crippen LogP contribution in [-0.4, -0.2) is 34.8 Å². The number of carbonyl (C=O) groups excluding carboxylic acids is 1. The number of hydrogen-bond acceptors (Lipinski definition) is 4. The minimum Gasteiger partial charge on any atom is -0.340 e. The highest BCUT2D eigenvalue weighted by Gasteiger charge is 2.27. The Bertz CT molecular complexity index is 896. The Labute approximate surface area is 155 Å². The number of rotatable bonds is 2. The fourth-order valence-electron chi connectivity index (χ4n) is 2.93. The van der Waals surface area contributed by atoms with Crippen molar-refractivity contribution in [1.82, 2.24) is 10.3 Å². The smallest absolute Gasteiger partial charge is 0.337 e. The van der Waals surface area contributed by atoms with E-state index in [0.29, 0.717) is 22.7 Å².